The number of nitrogens with zero attached hydrogens (tertiary/aromatic N) is 2. The summed E-state index contributed by atoms with van der Waals surface area (Å²) in [4.78, 5) is 30.9. The van der Waals surface area contributed by atoms with Crippen LogP contribution < -0.4 is 10.9 Å². The zero-order valence-corrected chi connectivity index (χ0v) is 18.9. The first-order chi connectivity index (χ1) is 15.0. The van der Waals surface area contributed by atoms with Gasteiger partial charge in [-0.2, -0.15) is 0 Å². The number of fused-ring (bicyclic) bond motifs is 2. The standard InChI is InChI=1S/C25H18IN3O2/c1-15-7-9-21-18(11-15)19(24(30)28-21)13-23-27-22-10-8-17(26)12-20(22)25(31)29(23)14-16-5-3-2-4-6-16/h2-13H,14H2,1H3,(H,28,30). The Hall–Kier alpha value is -3.26. The molecule has 0 fully saturated rings. The molecule has 6 heteroatoms. The smallest absolute Gasteiger partial charge is 0.261 e. The molecule has 0 radical (unpaired) electrons. The van der Waals surface area contributed by atoms with Crippen LogP contribution in [0.2, 0.25) is 0 Å². The van der Waals surface area contributed by atoms with E-state index < -0.39 is 0 Å². The lowest BCUT2D eigenvalue weighted by Crippen LogP contribution is -2.25. The Morgan fingerprint density at radius 1 is 1.03 bits per heavy atom. The second-order valence-corrected chi connectivity index (χ2v) is 8.82. The summed E-state index contributed by atoms with van der Waals surface area (Å²) in [6.45, 7) is 2.36. The predicted octanol–water partition coefficient (Wildman–Crippen LogP) is 4.85. The van der Waals surface area contributed by atoms with Gasteiger partial charge in [0.2, 0.25) is 0 Å². The minimum Gasteiger partial charge on any atom is -0.321 e. The van der Waals surface area contributed by atoms with Gasteiger partial charge in [-0.1, -0.05) is 42.0 Å². The second kappa shape index (κ2) is 7.77. The third-order valence-corrected chi connectivity index (χ3v) is 6.03. The van der Waals surface area contributed by atoms with Crippen LogP contribution in [-0.2, 0) is 11.3 Å². The summed E-state index contributed by atoms with van der Waals surface area (Å²) in [6.07, 6.45) is 1.72. The topological polar surface area (TPSA) is 64.0 Å². The molecule has 0 saturated heterocycles. The predicted molar refractivity (Wildman–Crippen MR) is 132 cm³/mol. The fourth-order valence-corrected chi connectivity index (χ4v) is 4.30. The summed E-state index contributed by atoms with van der Waals surface area (Å²) < 4.78 is 2.61. The van der Waals surface area contributed by atoms with Crippen LogP contribution in [0.25, 0.3) is 22.6 Å². The van der Waals surface area contributed by atoms with Crippen molar-refractivity contribution >= 4 is 56.7 Å². The number of aromatic nitrogens is 2. The molecule has 0 atom stereocenters. The van der Waals surface area contributed by atoms with Gasteiger partial charge in [0, 0.05) is 14.8 Å². The van der Waals surface area contributed by atoms with Crippen molar-refractivity contribution < 1.29 is 4.79 Å². The van der Waals surface area contributed by atoms with Crippen molar-refractivity contribution in [3.63, 3.8) is 0 Å². The number of amides is 1. The van der Waals surface area contributed by atoms with E-state index in [9.17, 15) is 9.59 Å². The third-order valence-electron chi connectivity index (χ3n) is 5.36. The number of carbonyl (C=O) groups excluding carboxylic acids is 1. The molecule has 31 heavy (non-hydrogen) atoms. The SMILES string of the molecule is Cc1ccc2c(c1)C(=Cc1nc3ccc(I)cc3c(=O)n1Cc1ccccc1)C(=O)N2. The number of carbonyl (C=O) groups is 1. The summed E-state index contributed by atoms with van der Waals surface area (Å²) >= 11 is 2.19. The van der Waals surface area contributed by atoms with Crippen LogP contribution in [0.1, 0.15) is 22.5 Å². The molecule has 1 amide bonds. The molecule has 0 spiro atoms. The lowest BCUT2D eigenvalue weighted by molar-refractivity contribution is -0.110. The molecule has 5 nitrogen and oxygen atoms in total. The number of halogens is 1. The minimum absolute atomic E-state index is 0.123. The van der Waals surface area contributed by atoms with Crippen molar-refractivity contribution in [2.45, 2.75) is 13.5 Å². The van der Waals surface area contributed by atoms with E-state index in [1.54, 1.807) is 10.6 Å². The maximum atomic E-state index is 13.5. The van der Waals surface area contributed by atoms with E-state index in [0.717, 1.165) is 25.9 Å². The van der Waals surface area contributed by atoms with E-state index in [4.69, 9.17) is 4.98 Å². The van der Waals surface area contributed by atoms with Gasteiger partial charge >= 0.3 is 0 Å². The van der Waals surface area contributed by atoms with E-state index in [0.29, 0.717) is 28.8 Å². The lowest BCUT2D eigenvalue weighted by Gasteiger charge is -2.12. The molecular weight excluding hydrogens is 501 g/mol. The number of rotatable bonds is 3. The maximum absolute atomic E-state index is 13.5. The zero-order chi connectivity index (χ0) is 21.5. The fraction of sp³-hybridized carbons (Fsp3) is 0.0800. The Morgan fingerprint density at radius 2 is 1.84 bits per heavy atom. The van der Waals surface area contributed by atoms with E-state index in [1.165, 1.54) is 0 Å². The number of anilines is 1. The van der Waals surface area contributed by atoms with Crippen molar-refractivity contribution in [2.75, 3.05) is 5.32 Å². The molecule has 1 aromatic heterocycles. The highest BCUT2D eigenvalue weighted by atomic mass is 127. The van der Waals surface area contributed by atoms with Crippen molar-refractivity contribution in [1.82, 2.24) is 9.55 Å². The first-order valence-electron chi connectivity index (χ1n) is 9.88. The van der Waals surface area contributed by atoms with E-state index in [2.05, 4.69) is 27.9 Å². The molecule has 0 unspecified atom stereocenters. The zero-order valence-electron chi connectivity index (χ0n) is 16.7. The second-order valence-electron chi connectivity index (χ2n) is 7.57. The van der Waals surface area contributed by atoms with Gasteiger partial charge in [0.1, 0.15) is 5.82 Å². The number of benzene rings is 3. The number of hydrogen-bond donors (Lipinski definition) is 1. The highest BCUT2D eigenvalue weighted by Gasteiger charge is 2.25. The Labute approximate surface area is 192 Å². The molecule has 1 aliphatic rings. The maximum Gasteiger partial charge on any atom is 0.261 e. The Bertz CT molecular complexity index is 1440. The molecule has 152 valence electrons. The largest absolute Gasteiger partial charge is 0.321 e. The summed E-state index contributed by atoms with van der Waals surface area (Å²) in [5, 5.41) is 3.47. The van der Waals surface area contributed by atoms with Gasteiger partial charge in [0.25, 0.3) is 11.5 Å². The van der Waals surface area contributed by atoms with Crippen molar-refractivity contribution in [2.24, 2.45) is 0 Å². The van der Waals surface area contributed by atoms with E-state index >= 15 is 0 Å². The molecule has 0 aliphatic carbocycles. The van der Waals surface area contributed by atoms with Gasteiger partial charge in [-0.3, -0.25) is 14.2 Å². The van der Waals surface area contributed by atoms with Gasteiger partial charge in [-0.15, -0.1) is 0 Å². The first kappa shape index (κ1) is 19.7. The third kappa shape index (κ3) is 3.67. The van der Waals surface area contributed by atoms with Gasteiger partial charge in [-0.05, 0) is 71.5 Å². The lowest BCUT2D eigenvalue weighted by atomic mass is 10.0. The molecule has 1 N–H and O–H groups in total. The molecule has 2 heterocycles. The molecular formula is C25H18IN3O2. The Kier molecular flexibility index (Phi) is 4.94. The molecule has 0 saturated carbocycles. The normalized spacial score (nSPS) is 14.1. The monoisotopic (exact) mass is 519 g/mol. The van der Waals surface area contributed by atoms with Crippen LogP contribution in [0.5, 0.6) is 0 Å². The first-order valence-corrected chi connectivity index (χ1v) is 11.0. The summed E-state index contributed by atoms with van der Waals surface area (Å²) in [5.41, 5.74) is 4.65. The van der Waals surface area contributed by atoms with Crippen LogP contribution in [-0.4, -0.2) is 15.5 Å². The van der Waals surface area contributed by atoms with E-state index in [-0.39, 0.29) is 11.5 Å². The molecule has 3 aromatic carbocycles. The van der Waals surface area contributed by atoms with Crippen LogP contribution in [0, 0.1) is 10.5 Å². The van der Waals surface area contributed by atoms with Gasteiger partial charge in [-0.25, -0.2) is 4.98 Å². The minimum atomic E-state index is -0.191. The van der Waals surface area contributed by atoms with Gasteiger partial charge in [0.05, 0.1) is 23.0 Å². The highest BCUT2D eigenvalue weighted by molar-refractivity contribution is 14.1. The van der Waals surface area contributed by atoms with Crippen LogP contribution in [0.3, 0.4) is 0 Å². The average molecular weight is 519 g/mol. The van der Waals surface area contributed by atoms with Crippen LogP contribution >= 0.6 is 22.6 Å². The van der Waals surface area contributed by atoms with Gasteiger partial charge in [0.15, 0.2) is 0 Å². The van der Waals surface area contributed by atoms with Crippen LogP contribution in [0.4, 0.5) is 5.69 Å². The highest BCUT2D eigenvalue weighted by Crippen LogP contribution is 2.33. The Balaban J connectivity index is 1.75. The summed E-state index contributed by atoms with van der Waals surface area (Å²) in [6, 6.07) is 21.2. The number of hydrogen-bond acceptors (Lipinski definition) is 3. The summed E-state index contributed by atoms with van der Waals surface area (Å²) in [7, 11) is 0. The fourth-order valence-electron chi connectivity index (χ4n) is 3.81. The van der Waals surface area contributed by atoms with E-state index in [1.807, 2.05) is 73.7 Å². The molecule has 0 bridgehead atoms. The van der Waals surface area contributed by atoms with Crippen molar-refractivity contribution in [1.29, 1.82) is 0 Å². The molecule has 1 aliphatic heterocycles. The molecule has 4 aromatic rings. The van der Waals surface area contributed by atoms with Crippen molar-refractivity contribution in [3.05, 3.63) is 103 Å². The Morgan fingerprint density at radius 3 is 2.65 bits per heavy atom. The molecule has 5 rings (SSSR count). The summed E-state index contributed by atoms with van der Waals surface area (Å²) in [5.74, 6) is 0.269. The average Bonchev–Trinajstić information content (AvgIpc) is 3.06. The van der Waals surface area contributed by atoms with Crippen LogP contribution in [0.15, 0.2) is 71.5 Å². The number of aryl methyl sites for hydroxylation is 1. The van der Waals surface area contributed by atoms with Gasteiger partial charge < -0.3 is 5.32 Å². The number of nitrogens with one attached hydrogen (secondary N) is 1. The quantitative estimate of drug-likeness (QED) is 0.311. The van der Waals surface area contributed by atoms with Crippen molar-refractivity contribution in [3.8, 4) is 0 Å².